The summed E-state index contributed by atoms with van der Waals surface area (Å²) in [5, 5.41) is 14.8. The Balaban J connectivity index is 1.85. The van der Waals surface area contributed by atoms with Gasteiger partial charge in [0, 0.05) is 5.75 Å². The second-order valence-electron chi connectivity index (χ2n) is 3.68. The van der Waals surface area contributed by atoms with Crippen molar-refractivity contribution < 1.29 is 23.6 Å². The minimum Gasteiger partial charge on any atom is -0.480 e. The quantitative estimate of drug-likeness (QED) is 0.685. The first kappa shape index (κ1) is 14.1. The molecular formula is C11H11N3O5S. The van der Waals surface area contributed by atoms with Gasteiger partial charge in [-0.3, -0.25) is 4.79 Å². The third kappa shape index (κ3) is 3.60. The van der Waals surface area contributed by atoms with Gasteiger partial charge in [-0.1, -0.05) is 5.16 Å². The van der Waals surface area contributed by atoms with E-state index in [1.165, 1.54) is 18.0 Å². The number of hydrogen-bond donors (Lipinski definition) is 2. The smallest absolute Gasteiger partial charge is 0.327 e. The number of carboxylic acid groups (broad SMARTS) is 1. The van der Waals surface area contributed by atoms with Gasteiger partial charge in [-0.15, -0.1) is 11.8 Å². The number of nitrogens with zero attached hydrogens (tertiary/aromatic N) is 2. The minimum absolute atomic E-state index is 0.201. The molecule has 0 spiro atoms. The maximum absolute atomic E-state index is 10.8. The lowest BCUT2D eigenvalue weighted by molar-refractivity contribution is -0.139. The van der Waals surface area contributed by atoms with Gasteiger partial charge in [0.1, 0.15) is 6.04 Å². The molecule has 106 valence electrons. The molecule has 2 aromatic heterocycles. The van der Waals surface area contributed by atoms with E-state index >= 15 is 0 Å². The molecule has 1 atom stereocenters. The van der Waals surface area contributed by atoms with Gasteiger partial charge in [0.15, 0.2) is 5.76 Å². The molecule has 0 aliphatic carbocycles. The summed E-state index contributed by atoms with van der Waals surface area (Å²) in [4.78, 5) is 25.2. The Morgan fingerprint density at radius 3 is 3.10 bits per heavy atom. The number of aliphatic carboxylic acids is 1. The van der Waals surface area contributed by atoms with E-state index in [-0.39, 0.29) is 5.75 Å². The van der Waals surface area contributed by atoms with Gasteiger partial charge in [0.2, 0.25) is 18.1 Å². The van der Waals surface area contributed by atoms with E-state index in [2.05, 4.69) is 15.5 Å². The van der Waals surface area contributed by atoms with Gasteiger partial charge >= 0.3 is 5.97 Å². The molecule has 0 aliphatic rings. The van der Waals surface area contributed by atoms with Crippen LogP contribution in [0.2, 0.25) is 0 Å². The molecule has 2 rings (SSSR count). The van der Waals surface area contributed by atoms with E-state index in [0.29, 0.717) is 29.6 Å². The average Bonchev–Trinajstić information content (AvgIpc) is 3.08. The van der Waals surface area contributed by atoms with Crippen LogP contribution in [0.5, 0.6) is 0 Å². The zero-order chi connectivity index (χ0) is 14.4. The number of aromatic nitrogens is 2. The second-order valence-corrected chi connectivity index (χ2v) is 4.71. The number of amides is 1. The fraction of sp³-hybridized carbons (Fsp3) is 0.273. The van der Waals surface area contributed by atoms with Crippen LogP contribution >= 0.6 is 11.8 Å². The normalized spacial score (nSPS) is 12.0. The van der Waals surface area contributed by atoms with Crippen molar-refractivity contribution in [3.05, 3.63) is 24.3 Å². The third-order valence-corrected chi connectivity index (χ3v) is 3.31. The van der Waals surface area contributed by atoms with Crippen molar-refractivity contribution in [2.75, 3.05) is 5.75 Å². The highest BCUT2D eigenvalue weighted by atomic mass is 32.2. The molecule has 0 radical (unpaired) electrons. The molecular weight excluding hydrogens is 286 g/mol. The number of carboxylic acids is 1. The lowest BCUT2D eigenvalue weighted by Gasteiger charge is -2.08. The number of thioether (sulfide) groups is 1. The first-order valence-electron chi connectivity index (χ1n) is 5.57. The molecule has 0 aromatic carbocycles. The highest BCUT2D eigenvalue weighted by Crippen LogP contribution is 2.18. The first-order valence-corrected chi connectivity index (χ1v) is 6.73. The topological polar surface area (TPSA) is 118 Å². The van der Waals surface area contributed by atoms with Crippen LogP contribution in [0.3, 0.4) is 0 Å². The second kappa shape index (κ2) is 6.75. The summed E-state index contributed by atoms with van der Waals surface area (Å²) < 4.78 is 10.1. The zero-order valence-corrected chi connectivity index (χ0v) is 11.0. The molecule has 1 amide bonds. The molecule has 1 unspecified atom stereocenters. The molecule has 20 heavy (non-hydrogen) atoms. The van der Waals surface area contributed by atoms with Gasteiger partial charge in [0.25, 0.3) is 0 Å². The van der Waals surface area contributed by atoms with E-state index in [4.69, 9.17) is 14.0 Å². The molecule has 0 bridgehead atoms. The van der Waals surface area contributed by atoms with E-state index in [9.17, 15) is 9.59 Å². The highest BCUT2D eigenvalue weighted by Gasteiger charge is 2.17. The zero-order valence-electron chi connectivity index (χ0n) is 10.2. The van der Waals surface area contributed by atoms with Gasteiger partial charge in [-0.25, -0.2) is 4.79 Å². The Morgan fingerprint density at radius 2 is 2.45 bits per heavy atom. The van der Waals surface area contributed by atoms with Gasteiger partial charge < -0.3 is 19.4 Å². The Labute approximate surface area is 117 Å². The van der Waals surface area contributed by atoms with Crippen LogP contribution in [-0.4, -0.2) is 39.4 Å². The van der Waals surface area contributed by atoms with Crippen LogP contribution in [-0.2, 0) is 15.3 Å². The number of carbonyl (C=O) groups excluding carboxylic acids is 1. The first-order chi connectivity index (χ1) is 9.70. The highest BCUT2D eigenvalue weighted by molar-refractivity contribution is 7.98. The summed E-state index contributed by atoms with van der Waals surface area (Å²) in [6.45, 7) is 0. The Kier molecular flexibility index (Phi) is 4.77. The summed E-state index contributed by atoms with van der Waals surface area (Å²) in [5.74, 6) is 0.648. The predicted molar refractivity (Wildman–Crippen MR) is 68.8 cm³/mol. The summed E-state index contributed by atoms with van der Waals surface area (Å²) in [5.41, 5.74) is 0. The van der Waals surface area contributed by atoms with Crippen LogP contribution in [0, 0.1) is 0 Å². The molecule has 0 aliphatic heterocycles. The van der Waals surface area contributed by atoms with Crippen molar-refractivity contribution in [2.45, 2.75) is 11.8 Å². The molecule has 2 aromatic rings. The minimum atomic E-state index is -1.09. The third-order valence-electron chi connectivity index (χ3n) is 2.29. The van der Waals surface area contributed by atoms with Gasteiger partial charge in [-0.05, 0) is 12.1 Å². The molecule has 2 N–H and O–H groups in total. The van der Waals surface area contributed by atoms with Crippen molar-refractivity contribution in [3.63, 3.8) is 0 Å². The molecule has 9 heteroatoms. The van der Waals surface area contributed by atoms with Gasteiger partial charge in [0.05, 0.1) is 12.0 Å². The van der Waals surface area contributed by atoms with Crippen molar-refractivity contribution in [2.24, 2.45) is 0 Å². The molecule has 2 heterocycles. The number of nitrogens with one attached hydrogen (secondary N) is 1. The van der Waals surface area contributed by atoms with E-state index in [0.717, 1.165) is 0 Å². The number of carbonyl (C=O) groups is 2. The fourth-order valence-corrected chi connectivity index (χ4v) is 2.24. The summed E-state index contributed by atoms with van der Waals surface area (Å²) in [6, 6.07) is 2.48. The Hall–Kier alpha value is -2.29. The number of furan rings is 1. The van der Waals surface area contributed by atoms with Crippen LogP contribution < -0.4 is 5.32 Å². The number of rotatable bonds is 8. The average molecular weight is 297 g/mol. The predicted octanol–water partition coefficient (Wildman–Crippen LogP) is 0.762. The van der Waals surface area contributed by atoms with Crippen LogP contribution in [0.15, 0.2) is 27.3 Å². The molecule has 0 saturated heterocycles. The molecule has 0 saturated carbocycles. The standard InChI is InChI=1S/C11H11N3O5S/c15-6-12-7(11(16)17)4-20-5-9-13-10(14-19-9)8-2-1-3-18-8/h1-3,6-7H,4-5H2,(H,12,15)(H,16,17). The van der Waals surface area contributed by atoms with Crippen molar-refractivity contribution >= 4 is 24.1 Å². The van der Waals surface area contributed by atoms with E-state index in [1.807, 2.05) is 0 Å². The van der Waals surface area contributed by atoms with Gasteiger partial charge in [-0.2, -0.15) is 4.98 Å². The molecule has 0 fully saturated rings. The Morgan fingerprint density at radius 1 is 1.60 bits per heavy atom. The van der Waals surface area contributed by atoms with Crippen LogP contribution in [0.25, 0.3) is 11.6 Å². The van der Waals surface area contributed by atoms with Crippen LogP contribution in [0.1, 0.15) is 5.89 Å². The largest absolute Gasteiger partial charge is 0.480 e. The summed E-state index contributed by atoms with van der Waals surface area (Å²) >= 11 is 1.26. The number of hydrogen-bond acceptors (Lipinski definition) is 7. The summed E-state index contributed by atoms with van der Waals surface area (Å²) in [6.07, 6.45) is 1.86. The maximum Gasteiger partial charge on any atom is 0.327 e. The lowest BCUT2D eigenvalue weighted by atomic mass is 10.3. The maximum atomic E-state index is 10.8. The van der Waals surface area contributed by atoms with Crippen LogP contribution in [0.4, 0.5) is 0 Å². The van der Waals surface area contributed by atoms with E-state index in [1.54, 1.807) is 12.1 Å². The monoisotopic (exact) mass is 297 g/mol. The SMILES string of the molecule is O=CNC(CSCc1nc(-c2ccco2)no1)C(=O)O. The fourth-order valence-electron chi connectivity index (χ4n) is 1.36. The van der Waals surface area contributed by atoms with E-state index < -0.39 is 12.0 Å². The Bertz CT molecular complexity index is 568. The van der Waals surface area contributed by atoms with Crippen molar-refractivity contribution in [3.8, 4) is 11.6 Å². The summed E-state index contributed by atoms with van der Waals surface area (Å²) in [7, 11) is 0. The lowest BCUT2D eigenvalue weighted by Crippen LogP contribution is -2.37. The van der Waals surface area contributed by atoms with Crippen molar-refractivity contribution in [1.29, 1.82) is 0 Å². The molecule has 8 nitrogen and oxygen atoms in total. The van der Waals surface area contributed by atoms with Crippen molar-refractivity contribution in [1.82, 2.24) is 15.5 Å².